The van der Waals surface area contributed by atoms with Crippen molar-refractivity contribution >= 4 is 35.6 Å². The first-order valence-electron chi connectivity index (χ1n) is 10.4. The molecule has 4 heterocycles. The van der Waals surface area contributed by atoms with Crippen LogP contribution >= 0.6 is 24.0 Å². The fourth-order valence-corrected chi connectivity index (χ4v) is 4.41. The predicted molar refractivity (Wildman–Crippen MR) is 121 cm³/mol. The van der Waals surface area contributed by atoms with Gasteiger partial charge in [-0.15, -0.1) is 12.4 Å². The maximum absolute atomic E-state index is 13.9. The lowest BCUT2D eigenvalue weighted by atomic mass is 10.1. The quantitative estimate of drug-likeness (QED) is 0.617. The van der Waals surface area contributed by atoms with Gasteiger partial charge in [-0.05, 0) is 51.9 Å². The molecule has 2 aliphatic heterocycles. The lowest BCUT2D eigenvalue weighted by molar-refractivity contribution is 0.0739. The molecule has 170 valence electrons. The summed E-state index contributed by atoms with van der Waals surface area (Å²) in [5, 5.41) is 8.49. The summed E-state index contributed by atoms with van der Waals surface area (Å²) in [6, 6.07) is 4.10. The van der Waals surface area contributed by atoms with Crippen LogP contribution in [0, 0.1) is 19.7 Å². The van der Waals surface area contributed by atoms with Crippen LogP contribution < -0.4 is 10.1 Å². The predicted octanol–water partition coefficient (Wildman–Crippen LogP) is 3.85. The Morgan fingerprint density at radius 3 is 2.75 bits per heavy atom. The van der Waals surface area contributed by atoms with Crippen molar-refractivity contribution in [2.45, 2.75) is 45.9 Å². The Kier molecular flexibility index (Phi) is 6.29. The molecule has 1 fully saturated rings. The zero-order chi connectivity index (χ0) is 21.7. The maximum atomic E-state index is 13.9. The van der Waals surface area contributed by atoms with E-state index >= 15 is 0 Å². The molecule has 32 heavy (non-hydrogen) atoms. The first-order chi connectivity index (χ1) is 14.9. The summed E-state index contributed by atoms with van der Waals surface area (Å²) in [7, 11) is 0. The van der Waals surface area contributed by atoms with E-state index in [2.05, 4.69) is 15.4 Å². The van der Waals surface area contributed by atoms with Crippen LogP contribution in [-0.4, -0.2) is 44.6 Å². The van der Waals surface area contributed by atoms with Crippen LogP contribution in [0.4, 0.5) is 4.39 Å². The highest BCUT2D eigenvalue weighted by atomic mass is 35.5. The van der Waals surface area contributed by atoms with Gasteiger partial charge < -0.3 is 15.0 Å². The van der Waals surface area contributed by atoms with E-state index in [0.717, 1.165) is 54.2 Å². The minimum Gasteiger partial charge on any atom is -0.489 e. The Balaban J connectivity index is 0.00000245. The molecule has 0 unspecified atom stereocenters. The number of amides is 1. The van der Waals surface area contributed by atoms with E-state index in [-0.39, 0.29) is 24.4 Å². The van der Waals surface area contributed by atoms with E-state index in [1.807, 2.05) is 13.8 Å². The maximum Gasteiger partial charge on any atom is 0.258 e. The molecule has 1 aromatic carbocycles. The van der Waals surface area contributed by atoms with E-state index in [4.69, 9.17) is 16.3 Å². The molecule has 10 heteroatoms. The number of aryl methyl sites for hydroxylation is 2. The number of rotatable bonds is 3. The minimum absolute atomic E-state index is 0. The highest BCUT2D eigenvalue weighted by Gasteiger charge is 2.32. The second-order valence-electron chi connectivity index (χ2n) is 8.13. The molecule has 0 aliphatic carbocycles. The highest BCUT2D eigenvalue weighted by Crippen LogP contribution is 2.32. The molecule has 1 N–H and O–H groups in total. The number of fused-ring (bicyclic) bond motifs is 3. The molecule has 0 atom stereocenters. The van der Waals surface area contributed by atoms with Crippen molar-refractivity contribution in [2.24, 2.45) is 0 Å². The number of aromatic nitrogens is 3. The summed E-state index contributed by atoms with van der Waals surface area (Å²) in [4.78, 5) is 19.6. The van der Waals surface area contributed by atoms with Gasteiger partial charge in [0.1, 0.15) is 17.7 Å². The van der Waals surface area contributed by atoms with Gasteiger partial charge >= 0.3 is 0 Å². The summed E-state index contributed by atoms with van der Waals surface area (Å²) in [5.74, 6) is -0.329. The molecule has 2 aromatic heterocycles. The van der Waals surface area contributed by atoms with Gasteiger partial charge in [0.2, 0.25) is 0 Å². The Morgan fingerprint density at radius 2 is 2.00 bits per heavy atom. The number of hydrogen-bond donors (Lipinski definition) is 1. The van der Waals surface area contributed by atoms with Crippen LogP contribution in [0.1, 0.15) is 45.8 Å². The zero-order valence-corrected chi connectivity index (χ0v) is 19.4. The SMILES string of the molecule is Cc1nc2c3c(nn2c(C)c1Cl)CN(C(=O)c1ccc(F)cc1OC1CCNCC1)C3.Cl. The van der Waals surface area contributed by atoms with E-state index in [9.17, 15) is 9.18 Å². The number of hydrogen-bond acceptors (Lipinski definition) is 5. The summed E-state index contributed by atoms with van der Waals surface area (Å²) in [6.45, 7) is 6.20. The van der Waals surface area contributed by atoms with Gasteiger partial charge in [0.15, 0.2) is 5.65 Å². The van der Waals surface area contributed by atoms with Crippen LogP contribution in [0.5, 0.6) is 5.75 Å². The fraction of sp³-hybridized carbons (Fsp3) is 0.409. The number of piperidine rings is 1. The van der Waals surface area contributed by atoms with Gasteiger partial charge in [0, 0.05) is 11.6 Å². The van der Waals surface area contributed by atoms with Gasteiger partial charge in [0.05, 0.1) is 40.8 Å². The average Bonchev–Trinajstić information content (AvgIpc) is 3.32. The molecule has 0 saturated carbocycles. The van der Waals surface area contributed by atoms with Crippen LogP contribution in [0.3, 0.4) is 0 Å². The van der Waals surface area contributed by atoms with Crippen LogP contribution in [0.25, 0.3) is 5.65 Å². The van der Waals surface area contributed by atoms with E-state index in [1.165, 1.54) is 18.2 Å². The first kappa shape index (κ1) is 22.8. The van der Waals surface area contributed by atoms with Crippen molar-refractivity contribution in [1.82, 2.24) is 24.8 Å². The Hall–Kier alpha value is -2.42. The highest BCUT2D eigenvalue weighted by molar-refractivity contribution is 6.31. The molecule has 5 rings (SSSR count). The number of benzene rings is 1. The number of halogens is 3. The monoisotopic (exact) mass is 479 g/mol. The second-order valence-corrected chi connectivity index (χ2v) is 8.50. The van der Waals surface area contributed by atoms with Gasteiger partial charge in [-0.2, -0.15) is 5.10 Å². The van der Waals surface area contributed by atoms with Crippen LogP contribution in [0.2, 0.25) is 5.02 Å². The molecule has 2 aliphatic rings. The van der Waals surface area contributed by atoms with E-state index in [0.29, 0.717) is 29.4 Å². The summed E-state index contributed by atoms with van der Waals surface area (Å²) >= 11 is 6.31. The summed E-state index contributed by atoms with van der Waals surface area (Å²) < 4.78 is 21.7. The van der Waals surface area contributed by atoms with Gasteiger partial charge in [0.25, 0.3) is 5.91 Å². The number of nitrogens with one attached hydrogen (secondary N) is 1. The molecule has 0 spiro atoms. The van der Waals surface area contributed by atoms with E-state index < -0.39 is 5.82 Å². The van der Waals surface area contributed by atoms with Crippen molar-refractivity contribution in [3.05, 3.63) is 57.2 Å². The number of ether oxygens (including phenoxy) is 1. The third-order valence-corrected chi connectivity index (χ3v) is 6.54. The van der Waals surface area contributed by atoms with Crippen molar-refractivity contribution in [3.63, 3.8) is 0 Å². The minimum atomic E-state index is -0.421. The van der Waals surface area contributed by atoms with Crippen molar-refractivity contribution in [2.75, 3.05) is 13.1 Å². The van der Waals surface area contributed by atoms with Crippen molar-refractivity contribution in [1.29, 1.82) is 0 Å². The molecule has 3 aromatic rings. The molecule has 0 bridgehead atoms. The Bertz CT molecular complexity index is 1190. The van der Waals surface area contributed by atoms with Gasteiger partial charge in [-0.25, -0.2) is 13.9 Å². The van der Waals surface area contributed by atoms with Crippen LogP contribution in [0.15, 0.2) is 18.2 Å². The average molecular weight is 480 g/mol. The lowest BCUT2D eigenvalue weighted by Crippen LogP contribution is -2.34. The Morgan fingerprint density at radius 1 is 1.25 bits per heavy atom. The number of carbonyl (C=O) groups is 1. The Labute approximate surface area is 196 Å². The zero-order valence-electron chi connectivity index (χ0n) is 17.8. The van der Waals surface area contributed by atoms with Crippen molar-refractivity contribution < 1.29 is 13.9 Å². The summed E-state index contributed by atoms with van der Waals surface area (Å²) in [6.07, 6.45) is 1.61. The number of nitrogens with zero attached hydrogens (tertiary/aromatic N) is 4. The molecular formula is C22H24Cl2FN5O2. The third-order valence-electron chi connectivity index (χ3n) is 6.00. The second kappa shape index (κ2) is 8.84. The topological polar surface area (TPSA) is 71.8 Å². The smallest absolute Gasteiger partial charge is 0.258 e. The largest absolute Gasteiger partial charge is 0.489 e. The molecule has 1 saturated heterocycles. The standard InChI is InChI=1S/C22H23ClFN5O2.ClH/c1-12-20(23)13(2)29-21(26-12)17-10-28(11-18(17)27-29)22(30)16-4-3-14(24)9-19(16)31-15-5-7-25-8-6-15;/h3-4,9,15,25H,5-8,10-11H2,1-2H3;1H. The van der Waals surface area contributed by atoms with Gasteiger partial charge in [-0.3, -0.25) is 4.79 Å². The fourth-order valence-electron chi connectivity index (χ4n) is 4.29. The molecule has 1 amide bonds. The third kappa shape index (κ3) is 3.91. The van der Waals surface area contributed by atoms with Crippen LogP contribution in [-0.2, 0) is 13.1 Å². The van der Waals surface area contributed by atoms with Gasteiger partial charge in [-0.1, -0.05) is 11.6 Å². The van der Waals surface area contributed by atoms with E-state index in [1.54, 1.807) is 9.42 Å². The molecular weight excluding hydrogens is 456 g/mol. The molecule has 7 nitrogen and oxygen atoms in total. The summed E-state index contributed by atoms with van der Waals surface area (Å²) in [5.41, 5.74) is 4.36. The normalized spacial score (nSPS) is 16.2. The van der Waals surface area contributed by atoms with Crippen molar-refractivity contribution in [3.8, 4) is 5.75 Å². The lowest BCUT2D eigenvalue weighted by Gasteiger charge is -2.25. The number of carbonyl (C=O) groups excluding carboxylic acids is 1. The molecule has 0 radical (unpaired) electrons. The first-order valence-corrected chi connectivity index (χ1v) is 10.8.